The van der Waals surface area contributed by atoms with Gasteiger partial charge in [0.05, 0.1) is 6.04 Å². The molecule has 2 atom stereocenters. The molecule has 1 amide bonds. The first kappa shape index (κ1) is 18.9. The van der Waals surface area contributed by atoms with E-state index in [1.54, 1.807) is 0 Å². The van der Waals surface area contributed by atoms with Crippen LogP contribution in [0.15, 0.2) is 54.6 Å². The molecule has 0 bridgehead atoms. The van der Waals surface area contributed by atoms with Crippen LogP contribution in [-0.2, 0) is 9.53 Å². The number of nitrogens with one attached hydrogen (secondary N) is 1. The van der Waals surface area contributed by atoms with Gasteiger partial charge in [0.2, 0.25) is 0 Å². The van der Waals surface area contributed by atoms with E-state index >= 15 is 0 Å². The molecule has 28 heavy (non-hydrogen) atoms. The number of benzene rings is 2. The molecular formula is C22H27N3O3. The van der Waals surface area contributed by atoms with Crippen molar-refractivity contribution in [1.82, 2.24) is 15.1 Å². The van der Waals surface area contributed by atoms with Crippen LogP contribution in [0.3, 0.4) is 0 Å². The summed E-state index contributed by atoms with van der Waals surface area (Å²) in [6.45, 7) is 4.69. The zero-order valence-electron chi connectivity index (χ0n) is 16.2. The third-order valence-electron chi connectivity index (χ3n) is 5.52. The second-order valence-electron chi connectivity index (χ2n) is 7.36. The van der Waals surface area contributed by atoms with Gasteiger partial charge in [-0.3, -0.25) is 9.69 Å². The van der Waals surface area contributed by atoms with Crippen molar-refractivity contribution in [2.24, 2.45) is 0 Å². The minimum atomic E-state index is -0.631. The first-order chi connectivity index (χ1) is 13.7. The minimum absolute atomic E-state index is 0.0929. The van der Waals surface area contributed by atoms with Crippen LogP contribution in [0.25, 0.3) is 0 Å². The topological polar surface area (TPSA) is 54.0 Å². The highest BCUT2D eigenvalue weighted by atomic mass is 16.7. The quantitative estimate of drug-likeness (QED) is 0.861. The van der Waals surface area contributed by atoms with Crippen molar-refractivity contribution >= 4 is 5.91 Å². The number of nitrogens with zero attached hydrogens (tertiary/aromatic N) is 2. The van der Waals surface area contributed by atoms with Crippen molar-refractivity contribution in [3.63, 3.8) is 0 Å². The molecular weight excluding hydrogens is 354 g/mol. The lowest BCUT2D eigenvalue weighted by Gasteiger charge is -2.38. The largest absolute Gasteiger partial charge is 0.467 e. The number of hydrogen-bond donors (Lipinski definition) is 1. The van der Waals surface area contributed by atoms with Gasteiger partial charge in [-0.15, -0.1) is 0 Å². The average molecular weight is 381 g/mol. The fourth-order valence-electron chi connectivity index (χ4n) is 3.86. The van der Waals surface area contributed by atoms with Crippen molar-refractivity contribution in [2.45, 2.75) is 12.1 Å². The van der Waals surface area contributed by atoms with E-state index in [1.165, 1.54) is 5.56 Å². The summed E-state index contributed by atoms with van der Waals surface area (Å²) in [5, 5.41) is 3.13. The number of carbonyl (C=O) groups excluding carboxylic acids is 1. The number of carbonyl (C=O) groups is 1. The molecule has 2 aliphatic rings. The molecule has 2 aromatic rings. The van der Waals surface area contributed by atoms with Crippen LogP contribution < -0.4 is 10.1 Å². The lowest BCUT2D eigenvalue weighted by atomic mass is 10.0. The summed E-state index contributed by atoms with van der Waals surface area (Å²) < 4.78 is 11.1. The van der Waals surface area contributed by atoms with Crippen molar-refractivity contribution in [2.75, 3.05) is 46.6 Å². The van der Waals surface area contributed by atoms with E-state index in [2.05, 4.69) is 46.4 Å². The van der Waals surface area contributed by atoms with Crippen molar-refractivity contribution < 1.29 is 14.3 Å². The summed E-state index contributed by atoms with van der Waals surface area (Å²) in [7, 11) is 2.15. The molecule has 1 N–H and O–H groups in total. The molecule has 0 radical (unpaired) electrons. The number of rotatable bonds is 5. The van der Waals surface area contributed by atoms with E-state index in [4.69, 9.17) is 9.47 Å². The van der Waals surface area contributed by atoms with Gasteiger partial charge in [0.25, 0.3) is 5.91 Å². The van der Waals surface area contributed by atoms with Gasteiger partial charge in [0.15, 0.2) is 12.9 Å². The molecule has 0 aromatic heterocycles. The maximum atomic E-state index is 12.9. The number of likely N-dealkylation sites (N-methyl/N-ethyl adjacent to an activating group) is 1. The predicted molar refractivity (Wildman–Crippen MR) is 107 cm³/mol. The van der Waals surface area contributed by atoms with Crippen LogP contribution >= 0.6 is 0 Å². The van der Waals surface area contributed by atoms with Gasteiger partial charge in [0, 0.05) is 38.3 Å². The Morgan fingerprint density at radius 2 is 1.79 bits per heavy atom. The van der Waals surface area contributed by atoms with Crippen LogP contribution in [0.4, 0.5) is 0 Å². The molecule has 0 unspecified atom stereocenters. The summed E-state index contributed by atoms with van der Waals surface area (Å²) >= 11 is 0. The van der Waals surface area contributed by atoms with E-state index in [1.807, 2.05) is 30.3 Å². The standard InChI is InChI=1S/C22H27N3O3/c1-24-11-13-25(14-12-24)19(17-7-3-2-4-8-17)15-23-22(26)21-18-9-5-6-10-20(18)27-16-28-21/h2-10,19,21H,11-16H2,1H3,(H,23,26)/t19-,21-/m1/s1. The van der Waals surface area contributed by atoms with Gasteiger partial charge >= 0.3 is 0 Å². The lowest BCUT2D eigenvalue weighted by molar-refractivity contribution is -0.142. The van der Waals surface area contributed by atoms with Crippen LogP contribution in [0, 0.1) is 0 Å². The monoisotopic (exact) mass is 381 g/mol. The predicted octanol–water partition coefficient (Wildman–Crippen LogP) is 2.20. The minimum Gasteiger partial charge on any atom is -0.467 e. The zero-order valence-corrected chi connectivity index (χ0v) is 16.2. The number of hydrogen-bond acceptors (Lipinski definition) is 5. The molecule has 6 nitrogen and oxygen atoms in total. The molecule has 2 aliphatic heterocycles. The molecule has 1 saturated heterocycles. The Bertz CT molecular complexity index is 791. The summed E-state index contributed by atoms with van der Waals surface area (Å²) in [6, 6.07) is 18.1. The maximum Gasteiger partial charge on any atom is 0.254 e. The van der Waals surface area contributed by atoms with E-state index in [-0.39, 0.29) is 18.7 Å². The van der Waals surface area contributed by atoms with E-state index < -0.39 is 6.10 Å². The zero-order chi connectivity index (χ0) is 19.3. The normalized spacial score (nSPS) is 21.4. The Kier molecular flexibility index (Phi) is 5.90. The number of amides is 1. The maximum absolute atomic E-state index is 12.9. The smallest absolute Gasteiger partial charge is 0.254 e. The van der Waals surface area contributed by atoms with Crippen LogP contribution in [0.5, 0.6) is 5.75 Å². The second kappa shape index (κ2) is 8.73. The molecule has 0 aliphatic carbocycles. The van der Waals surface area contributed by atoms with Crippen molar-refractivity contribution in [3.8, 4) is 5.75 Å². The number of piperazine rings is 1. The molecule has 2 aromatic carbocycles. The Labute approximate surface area is 166 Å². The Morgan fingerprint density at radius 3 is 2.57 bits per heavy atom. The molecule has 0 spiro atoms. The van der Waals surface area contributed by atoms with Gasteiger partial charge in [-0.2, -0.15) is 0 Å². The molecule has 6 heteroatoms. The molecule has 4 rings (SSSR count). The van der Waals surface area contributed by atoms with Gasteiger partial charge in [-0.1, -0.05) is 48.5 Å². The summed E-state index contributed by atoms with van der Waals surface area (Å²) in [5.74, 6) is 0.596. The third kappa shape index (κ3) is 4.19. The highest BCUT2D eigenvalue weighted by Gasteiger charge is 2.30. The molecule has 0 saturated carbocycles. The van der Waals surface area contributed by atoms with Gasteiger partial charge in [-0.05, 0) is 18.7 Å². The van der Waals surface area contributed by atoms with E-state index in [9.17, 15) is 4.79 Å². The van der Waals surface area contributed by atoms with E-state index in [0.29, 0.717) is 12.3 Å². The number of fused-ring (bicyclic) bond motifs is 1. The van der Waals surface area contributed by atoms with Crippen LogP contribution in [0.2, 0.25) is 0 Å². The lowest BCUT2D eigenvalue weighted by Crippen LogP contribution is -2.49. The SMILES string of the molecule is CN1CCN([C@H](CNC(=O)[C@@H]2OCOc3ccccc32)c2ccccc2)CC1. The van der Waals surface area contributed by atoms with Crippen molar-refractivity contribution in [1.29, 1.82) is 0 Å². The molecule has 1 fully saturated rings. The summed E-state index contributed by atoms with van der Waals surface area (Å²) in [5.41, 5.74) is 2.00. The van der Waals surface area contributed by atoms with Gasteiger partial charge in [0.1, 0.15) is 5.75 Å². The third-order valence-corrected chi connectivity index (χ3v) is 5.52. The highest BCUT2D eigenvalue weighted by Crippen LogP contribution is 2.32. The van der Waals surface area contributed by atoms with Gasteiger partial charge < -0.3 is 19.7 Å². The number of para-hydroxylation sites is 1. The summed E-state index contributed by atoms with van der Waals surface area (Å²) in [4.78, 5) is 17.7. The Morgan fingerprint density at radius 1 is 1.07 bits per heavy atom. The fourth-order valence-corrected chi connectivity index (χ4v) is 3.86. The first-order valence-electron chi connectivity index (χ1n) is 9.81. The summed E-state index contributed by atoms with van der Waals surface area (Å²) in [6.07, 6.45) is -0.631. The average Bonchev–Trinajstić information content (AvgIpc) is 2.75. The van der Waals surface area contributed by atoms with Crippen LogP contribution in [-0.4, -0.2) is 62.3 Å². The Balaban J connectivity index is 1.46. The van der Waals surface area contributed by atoms with E-state index in [0.717, 1.165) is 31.7 Å². The molecule has 2 heterocycles. The van der Waals surface area contributed by atoms with Crippen LogP contribution in [0.1, 0.15) is 23.3 Å². The Hall–Kier alpha value is -2.41. The van der Waals surface area contributed by atoms with Gasteiger partial charge in [-0.25, -0.2) is 0 Å². The second-order valence-corrected chi connectivity index (χ2v) is 7.36. The number of ether oxygens (including phenoxy) is 2. The van der Waals surface area contributed by atoms with Crippen molar-refractivity contribution in [3.05, 3.63) is 65.7 Å². The highest BCUT2D eigenvalue weighted by molar-refractivity contribution is 5.83. The fraction of sp³-hybridized carbons (Fsp3) is 0.409. The molecule has 148 valence electrons. The first-order valence-corrected chi connectivity index (χ1v) is 9.81.